The van der Waals surface area contributed by atoms with Gasteiger partial charge in [-0.15, -0.1) is 0 Å². The van der Waals surface area contributed by atoms with Gasteiger partial charge >= 0.3 is 0 Å². The minimum atomic E-state index is 0.690. The number of nitrogens with zero attached hydrogens (tertiary/aromatic N) is 2. The fourth-order valence-electron chi connectivity index (χ4n) is 10.9. The van der Waals surface area contributed by atoms with Crippen LogP contribution in [-0.4, -0.2) is 0 Å². The Morgan fingerprint density at radius 2 is 0.810 bits per heavy atom. The normalized spacial score (nSPS) is 12.1. The van der Waals surface area contributed by atoms with Gasteiger partial charge in [-0.3, -0.25) is 0 Å². The summed E-state index contributed by atoms with van der Waals surface area (Å²) in [7, 11) is 0. The van der Waals surface area contributed by atoms with Gasteiger partial charge in [-0.25, -0.2) is 4.85 Å². The van der Waals surface area contributed by atoms with E-state index < -0.39 is 0 Å². The van der Waals surface area contributed by atoms with Crippen LogP contribution >= 0.6 is 0 Å². The van der Waals surface area contributed by atoms with Crippen LogP contribution in [0.5, 0.6) is 0 Å². The first kappa shape index (κ1) is 32.7. The summed E-state index contributed by atoms with van der Waals surface area (Å²) < 4.78 is 0. The van der Waals surface area contributed by atoms with Crippen LogP contribution in [0.2, 0.25) is 0 Å². The van der Waals surface area contributed by atoms with Crippen LogP contribution in [0.3, 0.4) is 0 Å². The van der Waals surface area contributed by atoms with Crippen LogP contribution in [0.4, 0.5) is 5.69 Å². The van der Waals surface area contributed by atoms with E-state index in [2.05, 4.69) is 148 Å². The van der Waals surface area contributed by atoms with Crippen molar-refractivity contribution in [1.82, 2.24) is 0 Å². The molecule has 0 N–H and O–H groups in total. The molecule has 12 rings (SSSR count). The largest absolute Gasteiger partial charge is 0.238 e. The molecule has 2 aliphatic carbocycles. The second-order valence-electron chi connectivity index (χ2n) is 16.4. The molecule has 10 aromatic carbocycles. The van der Waals surface area contributed by atoms with Crippen LogP contribution in [0.15, 0.2) is 133 Å². The zero-order chi connectivity index (χ0) is 39.1. The van der Waals surface area contributed by atoms with Crippen LogP contribution in [0, 0.1) is 45.6 Å². The number of fused-ring (bicyclic) bond motifs is 11. The molecule has 0 unspecified atom stereocenters. The SMILES string of the molecule is [C-]#[N+]c1cc(C)c(-c2ccc3c4c(cccc24)-c2cc4c(ccc5c6cc7c(cc6ccc45)-c4ccc(-c5c(C)cc(C#N)cc5C)c5cccc-7c45)cc2-3)c(C)c1. The molecule has 0 fully saturated rings. The van der Waals surface area contributed by atoms with Gasteiger partial charge in [-0.1, -0.05) is 108 Å². The van der Waals surface area contributed by atoms with Gasteiger partial charge in [0.05, 0.1) is 18.2 Å². The summed E-state index contributed by atoms with van der Waals surface area (Å²) in [5, 5.41) is 22.3. The van der Waals surface area contributed by atoms with Gasteiger partial charge in [-0.05, 0) is 196 Å². The molecule has 0 bridgehead atoms. The Bertz CT molecular complexity index is 3390. The number of rotatable bonds is 2. The average molecular weight is 735 g/mol. The lowest BCUT2D eigenvalue weighted by Crippen LogP contribution is -1.92. The van der Waals surface area contributed by atoms with E-state index in [1.807, 2.05) is 24.3 Å². The zero-order valence-corrected chi connectivity index (χ0v) is 32.6. The third-order valence-corrected chi connectivity index (χ3v) is 13.2. The maximum atomic E-state index is 9.61. The van der Waals surface area contributed by atoms with Crippen LogP contribution in [0.1, 0.15) is 27.8 Å². The van der Waals surface area contributed by atoms with Gasteiger partial charge in [0.2, 0.25) is 0 Å². The lowest BCUT2D eigenvalue weighted by Gasteiger charge is -2.15. The maximum absolute atomic E-state index is 9.61. The Morgan fingerprint density at radius 3 is 1.26 bits per heavy atom. The van der Waals surface area contributed by atoms with Crippen molar-refractivity contribution in [3.05, 3.63) is 173 Å². The molecule has 0 spiro atoms. The minimum Gasteiger partial charge on any atom is -0.238 e. The van der Waals surface area contributed by atoms with Gasteiger partial charge in [0.25, 0.3) is 0 Å². The lowest BCUT2D eigenvalue weighted by atomic mass is 9.89. The summed E-state index contributed by atoms with van der Waals surface area (Å²) in [5.41, 5.74) is 21.1. The maximum Gasteiger partial charge on any atom is 0.187 e. The van der Waals surface area contributed by atoms with Gasteiger partial charge in [0.15, 0.2) is 5.69 Å². The molecule has 0 amide bonds. The monoisotopic (exact) mass is 734 g/mol. The molecule has 58 heavy (non-hydrogen) atoms. The molecule has 0 saturated carbocycles. The van der Waals surface area contributed by atoms with E-state index in [0.717, 1.165) is 22.3 Å². The first-order valence-corrected chi connectivity index (χ1v) is 19.9. The van der Waals surface area contributed by atoms with E-state index in [1.54, 1.807) is 0 Å². The van der Waals surface area contributed by atoms with E-state index in [4.69, 9.17) is 6.57 Å². The number of aryl methyl sites for hydroxylation is 4. The molecule has 0 atom stereocenters. The first-order valence-electron chi connectivity index (χ1n) is 19.9. The van der Waals surface area contributed by atoms with Crippen molar-refractivity contribution in [3.63, 3.8) is 0 Å². The minimum absolute atomic E-state index is 0.690. The number of nitriles is 1. The number of hydrogen-bond donors (Lipinski definition) is 0. The molecule has 0 saturated heterocycles. The van der Waals surface area contributed by atoms with Gasteiger partial charge in [0, 0.05) is 0 Å². The average Bonchev–Trinajstić information content (AvgIpc) is 3.72. The summed E-state index contributed by atoms with van der Waals surface area (Å²) in [6.45, 7) is 16.1. The van der Waals surface area contributed by atoms with Gasteiger partial charge < -0.3 is 0 Å². The molecular weight excluding hydrogens is 701 g/mol. The fraction of sp³-hybridized carbons (Fsp3) is 0.0714. The summed E-state index contributed by atoms with van der Waals surface area (Å²) in [5.74, 6) is 0. The number of benzene rings is 10. The highest BCUT2D eigenvalue weighted by molar-refractivity contribution is 6.26. The van der Waals surface area contributed by atoms with Crippen molar-refractivity contribution in [2.45, 2.75) is 27.7 Å². The van der Waals surface area contributed by atoms with Crippen molar-refractivity contribution >= 4 is 59.5 Å². The molecule has 268 valence electrons. The highest BCUT2D eigenvalue weighted by Crippen LogP contribution is 2.54. The summed E-state index contributed by atoms with van der Waals surface area (Å²) >= 11 is 0. The predicted octanol–water partition coefficient (Wildman–Crippen LogP) is 15.7. The smallest absolute Gasteiger partial charge is 0.187 e. The fourth-order valence-corrected chi connectivity index (χ4v) is 10.9. The van der Waals surface area contributed by atoms with E-state index in [-0.39, 0.29) is 0 Å². The van der Waals surface area contributed by atoms with E-state index in [1.165, 1.54) is 121 Å². The second kappa shape index (κ2) is 11.5. The van der Waals surface area contributed by atoms with Gasteiger partial charge in [0.1, 0.15) is 0 Å². The predicted molar refractivity (Wildman–Crippen MR) is 244 cm³/mol. The highest BCUT2D eigenvalue weighted by Gasteiger charge is 2.27. The van der Waals surface area contributed by atoms with Crippen LogP contribution in [-0.2, 0) is 0 Å². The Kier molecular flexibility index (Phi) is 6.49. The van der Waals surface area contributed by atoms with Crippen molar-refractivity contribution in [2.75, 3.05) is 0 Å². The van der Waals surface area contributed by atoms with Gasteiger partial charge in [-0.2, -0.15) is 5.26 Å². The topological polar surface area (TPSA) is 28.1 Å². The van der Waals surface area contributed by atoms with Crippen molar-refractivity contribution < 1.29 is 0 Å². The van der Waals surface area contributed by atoms with E-state index >= 15 is 0 Å². The Balaban J connectivity index is 1.03. The van der Waals surface area contributed by atoms with Crippen molar-refractivity contribution in [2.24, 2.45) is 0 Å². The molecule has 2 nitrogen and oxygen atoms in total. The molecule has 0 aromatic heterocycles. The molecular formula is C56H34N2. The lowest BCUT2D eigenvalue weighted by molar-refractivity contribution is 1.35. The second-order valence-corrected chi connectivity index (χ2v) is 16.4. The molecule has 2 heteroatoms. The third kappa shape index (κ3) is 4.24. The van der Waals surface area contributed by atoms with Crippen LogP contribution in [0.25, 0.3) is 125 Å². The summed E-state index contributed by atoms with van der Waals surface area (Å²) in [6.07, 6.45) is 0. The molecule has 10 aromatic rings. The van der Waals surface area contributed by atoms with E-state index in [0.29, 0.717) is 11.3 Å². The Hall–Kier alpha value is -7.52. The summed E-state index contributed by atoms with van der Waals surface area (Å²) in [6, 6.07) is 52.0. The Labute approximate surface area is 336 Å². The summed E-state index contributed by atoms with van der Waals surface area (Å²) in [4.78, 5) is 3.72. The van der Waals surface area contributed by atoms with Crippen LogP contribution < -0.4 is 0 Å². The standard InChI is InChI=1S/C56H34N2/c1-29-20-33(28-57)21-30(2)53(29)43-16-18-45-49-24-34-12-14-38-37(47(34)26-51(49)41-10-6-8-39(43)55(41)45)15-13-35-25-50-46-19-17-44(54-31(3)22-36(58-5)23-32(54)4)40-9-7-11-42(56(40)46)52(50)27-48(35)38/h6-27H,1-4H3. The third-order valence-electron chi connectivity index (χ3n) is 13.2. The molecule has 0 aliphatic heterocycles. The quantitative estimate of drug-likeness (QED) is 0.128. The first-order chi connectivity index (χ1) is 28.3. The Morgan fingerprint density at radius 1 is 0.397 bits per heavy atom. The van der Waals surface area contributed by atoms with Crippen molar-refractivity contribution in [1.29, 1.82) is 5.26 Å². The number of hydrogen-bond acceptors (Lipinski definition) is 1. The molecule has 2 aliphatic rings. The molecule has 0 heterocycles. The zero-order valence-electron chi connectivity index (χ0n) is 32.6. The highest BCUT2D eigenvalue weighted by atomic mass is 14.6. The molecule has 0 radical (unpaired) electrons. The van der Waals surface area contributed by atoms with E-state index in [9.17, 15) is 5.26 Å². The van der Waals surface area contributed by atoms with Crippen molar-refractivity contribution in [3.8, 4) is 72.8 Å².